The lowest BCUT2D eigenvalue weighted by Crippen LogP contribution is -2.48. The Morgan fingerprint density at radius 3 is 2.90 bits per heavy atom. The van der Waals surface area contributed by atoms with Crippen LogP contribution in [0, 0.1) is 0 Å². The van der Waals surface area contributed by atoms with E-state index in [1.165, 1.54) is 0 Å². The highest BCUT2D eigenvalue weighted by atomic mass is 32.2. The molecule has 1 aromatic heterocycles. The van der Waals surface area contributed by atoms with Crippen LogP contribution in [0.4, 0.5) is 5.82 Å². The molecule has 0 aliphatic carbocycles. The van der Waals surface area contributed by atoms with Gasteiger partial charge in [0.2, 0.25) is 0 Å². The molecule has 112 valence electrons. The highest BCUT2D eigenvalue weighted by molar-refractivity contribution is 8.01. The van der Waals surface area contributed by atoms with Crippen LogP contribution in [0.1, 0.15) is 12.5 Å². The Hall–Kier alpha value is -0.790. The molecular weight excluding hydrogens is 294 g/mol. The third-order valence-corrected chi connectivity index (χ3v) is 6.73. The van der Waals surface area contributed by atoms with Crippen LogP contribution in [-0.2, 0) is 16.3 Å². The molecule has 1 saturated heterocycles. The van der Waals surface area contributed by atoms with Gasteiger partial charge >= 0.3 is 0 Å². The lowest BCUT2D eigenvalue weighted by Gasteiger charge is -2.35. The Kier molecular flexibility index (Phi) is 5.29. The number of nitrogens with zero attached hydrogens (tertiary/aromatic N) is 2. The van der Waals surface area contributed by atoms with Crippen LogP contribution >= 0.6 is 11.8 Å². The number of rotatable bonds is 5. The monoisotopic (exact) mass is 315 g/mol. The maximum absolute atomic E-state index is 12.2. The largest absolute Gasteiger partial charge is 0.338 e. The first-order chi connectivity index (χ1) is 9.58. The Labute approximate surface area is 124 Å². The number of nitrogens with two attached hydrogens (primary N) is 1. The summed E-state index contributed by atoms with van der Waals surface area (Å²) in [6, 6.07) is 3.88. The summed E-state index contributed by atoms with van der Waals surface area (Å²) in [4.78, 5) is 6.33. The molecule has 0 saturated carbocycles. The minimum absolute atomic E-state index is 0.167. The number of sulfone groups is 1. The topological polar surface area (TPSA) is 76.3 Å². The van der Waals surface area contributed by atoms with Crippen LogP contribution < -0.4 is 10.6 Å². The van der Waals surface area contributed by atoms with Crippen molar-refractivity contribution in [3.63, 3.8) is 0 Å². The van der Waals surface area contributed by atoms with Gasteiger partial charge in [0.25, 0.3) is 0 Å². The van der Waals surface area contributed by atoms with Gasteiger partial charge in [0.15, 0.2) is 9.84 Å². The highest BCUT2D eigenvalue weighted by Gasteiger charge is 2.33. The number of hydrogen-bond donors (Lipinski definition) is 1. The van der Waals surface area contributed by atoms with Gasteiger partial charge in [-0.25, -0.2) is 13.4 Å². The van der Waals surface area contributed by atoms with Crippen molar-refractivity contribution in [1.29, 1.82) is 0 Å². The fraction of sp³-hybridized carbons (Fsp3) is 0.615. The van der Waals surface area contributed by atoms with E-state index in [0.717, 1.165) is 30.1 Å². The van der Waals surface area contributed by atoms with E-state index >= 15 is 0 Å². The molecule has 1 aliphatic rings. The molecule has 0 amide bonds. The van der Waals surface area contributed by atoms with E-state index in [4.69, 9.17) is 5.73 Å². The summed E-state index contributed by atoms with van der Waals surface area (Å²) >= 11 is 1.69. The van der Waals surface area contributed by atoms with E-state index in [1.807, 2.05) is 17.0 Å². The molecular formula is C13H21N3O2S2. The average Bonchev–Trinajstić information content (AvgIpc) is 2.48. The fourth-order valence-corrected chi connectivity index (χ4v) is 5.21. The zero-order valence-electron chi connectivity index (χ0n) is 11.7. The summed E-state index contributed by atoms with van der Waals surface area (Å²) in [6.07, 6.45) is 2.58. The van der Waals surface area contributed by atoms with Gasteiger partial charge in [0.1, 0.15) is 11.2 Å². The van der Waals surface area contributed by atoms with E-state index in [2.05, 4.69) is 4.98 Å². The average molecular weight is 315 g/mol. The highest BCUT2D eigenvalue weighted by Crippen LogP contribution is 2.26. The quantitative estimate of drug-likeness (QED) is 0.870. The van der Waals surface area contributed by atoms with Crippen molar-refractivity contribution in [1.82, 2.24) is 4.98 Å². The Balaban J connectivity index is 2.23. The number of aromatic nitrogens is 1. The van der Waals surface area contributed by atoms with E-state index in [1.54, 1.807) is 24.9 Å². The summed E-state index contributed by atoms with van der Waals surface area (Å²) < 4.78 is 24.4. The van der Waals surface area contributed by atoms with Gasteiger partial charge in [-0.3, -0.25) is 0 Å². The van der Waals surface area contributed by atoms with Crippen LogP contribution in [0.15, 0.2) is 18.3 Å². The zero-order valence-corrected chi connectivity index (χ0v) is 13.3. The van der Waals surface area contributed by atoms with Gasteiger partial charge in [-0.1, -0.05) is 13.0 Å². The molecule has 5 nitrogen and oxygen atoms in total. The standard InChI is InChI=1S/C13H21N3O2S2/c1-2-20(17,18)13-10-19-8-7-16(13)12-4-3-11(5-6-14)9-15-12/h3-4,9,13H,2,5-8,10,14H2,1H3. The molecule has 1 aliphatic heterocycles. The minimum Gasteiger partial charge on any atom is -0.338 e. The molecule has 1 fully saturated rings. The maximum atomic E-state index is 12.2. The predicted molar refractivity (Wildman–Crippen MR) is 84.9 cm³/mol. The van der Waals surface area contributed by atoms with Gasteiger partial charge in [0.05, 0.1) is 0 Å². The second-order valence-corrected chi connectivity index (χ2v) is 8.33. The van der Waals surface area contributed by atoms with Crippen LogP contribution in [-0.4, -0.2) is 49.1 Å². The van der Waals surface area contributed by atoms with Crippen LogP contribution in [0.5, 0.6) is 0 Å². The predicted octanol–water partition coefficient (Wildman–Crippen LogP) is 0.897. The molecule has 0 spiro atoms. The lowest BCUT2D eigenvalue weighted by molar-refractivity contribution is 0.579. The van der Waals surface area contributed by atoms with Crippen LogP contribution in [0.2, 0.25) is 0 Å². The van der Waals surface area contributed by atoms with Crippen molar-refractivity contribution in [3.8, 4) is 0 Å². The van der Waals surface area contributed by atoms with Gasteiger partial charge in [-0.05, 0) is 24.6 Å². The third kappa shape index (κ3) is 3.45. The number of hydrogen-bond acceptors (Lipinski definition) is 6. The molecule has 2 rings (SSSR count). The molecule has 0 aromatic carbocycles. The summed E-state index contributed by atoms with van der Waals surface area (Å²) in [5, 5.41) is -0.459. The number of anilines is 1. The van der Waals surface area contributed by atoms with E-state index in [0.29, 0.717) is 12.3 Å². The Bertz CT molecular complexity index is 531. The SMILES string of the molecule is CCS(=O)(=O)C1CSCCN1c1ccc(CCN)cn1. The van der Waals surface area contributed by atoms with E-state index < -0.39 is 15.2 Å². The smallest absolute Gasteiger partial charge is 0.171 e. The third-order valence-electron chi connectivity index (χ3n) is 3.44. The van der Waals surface area contributed by atoms with Crippen molar-refractivity contribution in [2.24, 2.45) is 5.73 Å². The molecule has 1 aromatic rings. The summed E-state index contributed by atoms with van der Waals surface area (Å²) in [5.41, 5.74) is 6.60. The lowest BCUT2D eigenvalue weighted by atomic mass is 10.2. The zero-order chi connectivity index (χ0) is 14.6. The molecule has 1 atom stereocenters. The summed E-state index contributed by atoms with van der Waals surface area (Å²) in [7, 11) is -3.09. The first-order valence-electron chi connectivity index (χ1n) is 6.79. The van der Waals surface area contributed by atoms with Crippen molar-refractivity contribution in [3.05, 3.63) is 23.9 Å². The molecule has 2 N–H and O–H groups in total. The number of pyridine rings is 1. The second kappa shape index (κ2) is 6.78. The molecule has 2 heterocycles. The van der Waals surface area contributed by atoms with E-state index in [-0.39, 0.29) is 5.75 Å². The summed E-state index contributed by atoms with van der Waals surface area (Å²) in [6.45, 7) is 3.01. The van der Waals surface area contributed by atoms with Crippen molar-refractivity contribution < 1.29 is 8.42 Å². The first-order valence-corrected chi connectivity index (χ1v) is 9.66. The van der Waals surface area contributed by atoms with Gasteiger partial charge in [-0.2, -0.15) is 11.8 Å². The van der Waals surface area contributed by atoms with Gasteiger partial charge in [0, 0.05) is 30.0 Å². The normalized spacial score (nSPS) is 20.1. The second-order valence-electron chi connectivity index (χ2n) is 4.74. The van der Waals surface area contributed by atoms with E-state index in [9.17, 15) is 8.42 Å². The Morgan fingerprint density at radius 2 is 2.30 bits per heavy atom. The van der Waals surface area contributed by atoms with Gasteiger partial charge < -0.3 is 10.6 Å². The summed E-state index contributed by atoms with van der Waals surface area (Å²) in [5.74, 6) is 2.46. The first kappa shape index (κ1) is 15.6. The van der Waals surface area contributed by atoms with Crippen LogP contribution in [0.3, 0.4) is 0 Å². The molecule has 7 heteroatoms. The molecule has 1 unspecified atom stereocenters. The number of thioether (sulfide) groups is 1. The Morgan fingerprint density at radius 1 is 1.50 bits per heavy atom. The maximum Gasteiger partial charge on any atom is 0.171 e. The molecule has 0 bridgehead atoms. The molecule has 0 radical (unpaired) electrons. The van der Waals surface area contributed by atoms with Crippen molar-refractivity contribution in [2.75, 3.05) is 35.2 Å². The van der Waals surface area contributed by atoms with Gasteiger partial charge in [-0.15, -0.1) is 0 Å². The van der Waals surface area contributed by atoms with Crippen LogP contribution in [0.25, 0.3) is 0 Å². The van der Waals surface area contributed by atoms with Crippen molar-refractivity contribution in [2.45, 2.75) is 18.7 Å². The van der Waals surface area contributed by atoms with Crippen molar-refractivity contribution >= 4 is 27.4 Å². The molecule has 20 heavy (non-hydrogen) atoms. The fourth-order valence-electron chi connectivity index (χ4n) is 2.23. The minimum atomic E-state index is -3.09.